The van der Waals surface area contributed by atoms with Crippen molar-refractivity contribution >= 4 is 17.5 Å². The third-order valence-electron chi connectivity index (χ3n) is 7.04. The molecule has 6 nitrogen and oxygen atoms in total. The van der Waals surface area contributed by atoms with Gasteiger partial charge in [-0.25, -0.2) is 9.07 Å². The van der Waals surface area contributed by atoms with Crippen molar-refractivity contribution in [3.63, 3.8) is 0 Å². The zero-order valence-electron chi connectivity index (χ0n) is 21.7. The number of ether oxygens (including phenoxy) is 1. The third kappa shape index (κ3) is 5.02. The number of anilines is 1. The van der Waals surface area contributed by atoms with Crippen LogP contribution in [0.2, 0.25) is 0 Å². The predicted octanol–water partition coefficient (Wildman–Crippen LogP) is 6.31. The third-order valence-corrected chi connectivity index (χ3v) is 7.04. The number of hydrogen-bond donors (Lipinski definition) is 0. The van der Waals surface area contributed by atoms with Crippen molar-refractivity contribution in [1.82, 2.24) is 9.78 Å². The monoisotopic (exact) mass is 551 g/mol. The molecule has 2 atom stereocenters. The Morgan fingerprint density at radius 3 is 2.35 bits per heavy atom. The highest BCUT2D eigenvalue weighted by atomic mass is 19.4. The smallest absolute Gasteiger partial charge is 0.364 e. The molecule has 0 saturated carbocycles. The van der Waals surface area contributed by atoms with Crippen LogP contribution in [0.5, 0.6) is 0 Å². The molecule has 0 spiro atoms. The highest BCUT2D eigenvalue weighted by molar-refractivity contribution is 6.04. The molecular weight excluding hydrogens is 526 g/mol. The summed E-state index contributed by atoms with van der Waals surface area (Å²) >= 11 is 0. The van der Waals surface area contributed by atoms with Crippen LogP contribution >= 0.6 is 0 Å². The average molecular weight is 552 g/mol. The molecule has 1 aliphatic rings. The van der Waals surface area contributed by atoms with Gasteiger partial charge in [-0.15, -0.1) is 0 Å². The van der Waals surface area contributed by atoms with Crippen LogP contribution in [0.15, 0.2) is 78.9 Å². The molecule has 0 radical (unpaired) electrons. The van der Waals surface area contributed by atoms with E-state index in [9.17, 15) is 27.2 Å². The Bertz CT molecular complexity index is 1550. The Hall–Kier alpha value is -4.31. The minimum Gasteiger partial charge on any atom is -0.364 e. The number of carbonyl (C=O) groups excluding carboxylic acids is 2. The molecule has 0 aliphatic carbocycles. The fourth-order valence-electron chi connectivity index (χ4n) is 5.26. The molecule has 10 heteroatoms. The summed E-state index contributed by atoms with van der Waals surface area (Å²) in [6, 6.07) is 18.9. The summed E-state index contributed by atoms with van der Waals surface area (Å²) in [5.41, 5.74) is 1.39. The Morgan fingerprint density at radius 2 is 1.70 bits per heavy atom. The largest absolute Gasteiger partial charge is 0.416 e. The highest BCUT2D eigenvalue weighted by Gasteiger charge is 2.46. The van der Waals surface area contributed by atoms with E-state index >= 15 is 0 Å². The van der Waals surface area contributed by atoms with Crippen molar-refractivity contribution in [1.29, 1.82) is 0 Å². The molecule has 1 amide bonds. The zero-order chi connectivity index (χ0) is 28.6. The van der Waals surface area contributed by atoms with Crippen LogP contribution in [0.1, 0.15) is 45.1 Å². The van der Waals surface area contributed by atoms with Gasteiger partial charge in [-0.05, 0) is 48.9 Å². The van der Waals surface area contributed by atoms with Crippen LogP contribution in [-0.4, -0.2) is 35.3 Å². The molecule has 1 aromatic heterocycles. The number of para-hydroxylation sites is 1. The fraction of sp³-hybridized carbons (Fsp3) is 0.233. The van der Waals surface area contributed by atoms with E-state index in [0.717, 1.165) is 12.1 Å². The van der Waals surface area contributed by atoms with Gasteiger partial charge in [-0.1, -0.05) is 42.5 Å². The number of aryl methyl sites for hydroxylation is 1. The molecule has 4 aromatic rings. The summed E-state index contributed by atoms with van der Waals surface area (Å²) < 4.78 is 60.9. The maximum absolute atomic E-state index is 14.1. The average Bonchev–Trinajstić information content (AvgIpc) is 3.28. The van der Waals surface area contributed by atoms with Gasteiger partial charge in [0, 0.05) is 30.6 Å². The first-order valence-electron chi connectivity index (χ1n) is 12.5. The second kappa shape index (κ2) is 10.7. The summed E-state index contributed by atoms with van der Waals surface area (Å²) in [7, 11) is 1.43. The van der Waals surface area contributed by atoms with E-state index in [-0.39, 0.29) is 18.7 Å². The lowest BCUT2D eigenvalue weighted by Crippen LogP contribution is -2.46. The number of Topliss-reactive ketones (excluding diaryl/α,β-unsaturated/α-hetero) is 1. The lowest BCUT2D eigenvalue weighted by Gasteiger charge is -2.38. The molecule has 0 N–H and O–H groups in total. The van der Waals surface area contributed by atoms with Crippen molar-refractivity contribution in [3.05, 3.63) is 113 Å². The van der Waals surface area contributed by atoms with Crippen molar-refractivity contribution in [2.45, 2.75) is 25.4 Å². The predicted molar refractivity (Wildman–Crippen MR) is 140 cm³/mol. The molecule has 206 valence electrons. The molecule has 5 rings (SSSR count). The summed E-state index contributed by atoms with van der Waals surface area (Å²) in [5, 5.41) is 4.72. The minimum atomic E-state index is -4.62. The van der Waals surface area contributed by atoms with Gasteiger partial charge in [0.05, 0.1) is 22.9 Å². The summed E-state index contributed by atoms with van der Waals surface area (Å²) in [4.78, 5) is 28.9. The van der Waals surface area contributed by atoms with Crippen LogP contribution in [0, 0.1) is 18.7 Å². The van der Waals surface area contributed by atoms with E-state index in [1.165, 1.54) is 36.3 Å². The summed E-state index contributed by atoms with van der Waals surface area (Å²) in [5.74, 6) is -2.83. The van der Waals surface area contributed by atoms with E-state index in [1.807, 2.05) is 30.3 Å². The molecule has 1 aliphatic heterocycles. The SMILES string of the molecule is COCN1C(=O)[C@@H](CC(=O)c2cccc(C(F)(F)F)c2)[C@@H](c2ccc(F)cc2)c2c(C)nn(-c3ccccc3)c21. The number of halogens is 4. The molecule has 2 heterocycles. The van der Waals surface area contributed by atoms with Gasteiger partial charge >= 0.3 is 6.18 Å². The van der Waals surface area contributed by atoms with Crippen molar-refractivity contribution in [3.8, 4) is 5.69 Å². The Kier molecular flexibility index (Phi) is 7.29. The van der Waals surface area contributed by atoms with Crippen LogP contribution in [0.25, 0.3) is 5.69 Å². The number of alkyl halides is 3. The number of ketones is 1. The van der Waals surface area contributed by atoms with Gasteiger partial charge in [-0.2, -0.15) is 18.3 Å². The Balaban J connectivity index is 1.66. The first kappa shape index (κ1) is 27.3. The van der Waals surface area contributed by atoms with Gasteiger partial charge in [0.2, 0.25) is 5.91 Å². The number of benzene rings is 3. The lowest BCUT2D eigenvalue weighted by atomic mass is 9.74. The number of carbonyl (C=O) groups is 2. The van der Waals surface area contributed by atoms with Crippen LogP contribution in [-0.2, 0) is 15.7 Å². The van der Waals surface area contributed by atoms with Gasteiger partial charge in [0.25, 0.3) is 0 Å². The second-order valence-corrected chi connectivity index (χ2v) is 9.60. The normalized spacial score (nSPS) is 17.1. The standard InChI is InChI=1S/C30H25F4N3O3/c1-18-26-27(19-11-13-22(31)14-12-19)24(16-25(38)20-7-6-8-21(15-20)30(32,33)34)29(39)36(17-40-2)28(26)37(35-18)23-9-4-3-5-10-23/h3-15,24,27H,16-17H2,1-2H3/t24-,27+/m0/s1. The van der Waals surface area contributed by atoms with E-state index in [4.69, 9.17) is 9.84 Å². The van der Waals surface area contributed by atoms with Gasteiger partial charge in [-0.3, -0.25) is 14.5 Å². The number of amides is 1. The van der Waals surface area contributed by atoms with Gasteiger partial charge < -0.3 is 4.74 Å². The molecular formula is C30H25F4N3O3. The van der Waals surface area contributed by atoms with Gasteiger partial charge in [0.15, 0.2) is 5.78 Å². The lowest BCUT2D eigenvalue weighted by molar-refractivity contribution is -0.137. The highest BCUT2D eigenvalue weighted by Crippen LogP contribution is 2.47. The maximum Gasteiger partial charge on any atom is 0.416 e. The fourth-order valence-corrected chi connectivity index (χ4v) is 5.26. The minimum absolute atomic E-state index is 0.145. The van der Waals surface area contributed by atoms with Crippen LogP contribution < -0.4 is 4.90 Å². The second-order valence-electron chi connectivity index (χ2n) is 9.60. The van der Waals surface area contributed by atoms with Crippen LogP contribution in [0.4, 0.5) is 23.4 Å². The first-order valence-corrected chi connectivity index (χ1v) is 12.5. The topological polar surface area (TPSA) is 64.4 Å². The van der Waals surface area contributed by atoms with Crippen LogP contribution in [0.3, 0.4) is 0 Å². The van der Waals surface area contributed by atoms with E-state index in [2.05, 4.69) is 0 Å². The quantitative estimate of drug-likeness (QED) is 0.200. The molecule has 3 aromatic carbocycles. The van der Waals surface area contributed by atoms with Crippen molar-refractivity contribution in [2.75, 3.05) is 18.7 Å². The summed E-state index contributed by atoms with van der Waals surface area (Å²) in [6.07, 6.45) is -5.00. The molecule has 0 saturated heterocycles. The number of methoxy groups -OCH3 is 1. The van der Waals surface area contributed by atoms with E-state index in [1.54, 1.807) is 23.7 Å². The molecule has 0 bridgehead atoms. The van der Waals surface area contributed by atoms with E-state index in [0.29, 0.717) is 28.3 Å². The number of fused-ring (bicyclic) bond motifs is 1. The summed E-state index contributed by atoms with van der Waals surface area (Å²) in [6.45, 7) is 1.63. The number of rotatable bonds is 7. The molecule has 0 unspecified atom stereocenters. The van der Waals surface area contributed by atoms with Crippen molar-refractivity contribution in [2.24, 2.45) is 5.92 Å². The maximum atomic E-state index is 14.1. The number of aromatic nitrogens is 2. The number of hydrogen-bond acceptors (Lipinski definition) is 4. The molecule has 0 fully saturated rings. The zero-order valence-corrected chi connectivity index (χ0v) is 21.7. The first-order chi connectivity index (χ1) is 19.1. The van der Waals surface area contributed by atoms with Gasteiger partial charge in [0.1, 0.15) is 18.4 Å². The van der Waals surface area contributed by atoms with Crippen molar-refractivity contribution < 1.29 is 31.9 Å². The Morgan fingerprint density at radius 1 is 1.00 bits per heavy atom. The Labute approximate surface area is 227 Å². The van der Waals surface area contributed by atoms with E-state index < -0.39 is 41.1 Å². The molecule has 40 heavy (non-hydrogen) atoms. The number of nitrogens with zero attached hydrogens (tertiary/aromatic N) is 3.